The summed E-state index contributed by atoms with van der Waals surface area (Å²) in [4.78, 5) is 11.3. The van der Waals surface area contributed by atoms with Crippen molar-refractivity contribution in [2.75, 3.05) is 7.11 Å². The lowest BCUT2D eigenvalue weighted by atomic mass is 9.93. The molecule has 178 valence electrons. The van der Waals surface area contributed by atoms with E-state index in [1.165, 1.54) is 12.5 Å². The third kappa shape index (κ3) is 8.32. The van der Waals surface area contributed by atoms with E-state index < -0.39 is 6.29 Å². The standard InChI is InChI=1S/C26H38O6/c1-4-9-21-15-24(29-18-20-10-6-5-7-11-20)17-25(31-21)16-23(28-3)14-22-12-8-13-26(32-22)30-19(2)27/h4-7,10-11,21-26H,1,8-9,12-18H2,2-3H3/t21-,22?,23-,24?,25?,26?/m1/s1. The Hall–Kier alpha value is -1.73. The van der Waals surface area contributed by atoms with Crippen LogP contribution in [0.2, 0.25) is 0 Å². The van der Waals surface area contributed by atoms with E-state index in [0.717, 1.165) is 51.4 Å². The molecular formula is C26H38O6. The maximum absolute atomic E-state index is 11.3. The average molecular weight is 447 g/mol. The van der Waals surface area contributed by atoms with Crippen molar-refractivity contribution < 1.29 is 28.5 Å². The van der Waals surface area contributed by atoms with Crippen LogP contribution in [0.25, 0.3) is 0 Å². The molecule has 3 rings (SSSR count). The second kappa shape index (κ2) is 13.1. The molecule has 0 radical (unpaired) electrons. The van der Waals surface area contributed by atoms with Crippen LogP contribution in [0.1, 0.15) is 63.9 Å². The first-order valence-electron chi connectivity index (χ1n) is 11.8. The van der Waals surface area contributed by atoms with E-state index in [9.17, 15) is 4.79 Å². The maximum atomic E-state index is 11.3. The Morgan fingerprint density at radius 3 is 2.59 bits per heavy atom. The molecule has 1 aromatic carbocycles. The molecule has 2 saturated heterocycles. The summed E-state index contributed by atoms with van der Waals surface area (Å²) in [5.74, 6) is -0.302. The smallest absolute Gasteiger partial charge is 0.304 e. The van der Waals surface area contributed by atoms with Crippen LogP contribution in [0.3, 0.4) is 0 Å². The van der Waals surface area contributed by atoms with Gasteiger partial charge in [0.15, 0.2) is 0 Å². The Morgan fingerprint density at radius 2 is 1.88 bits per heavy atom. The van der Waals surface area contributed by atoms with E-state index in [-0.39, 0.29) is 36.5 Å². The van der Waals surface area contributed by atoms with Gasteiger partial charge < -0.3 is 23.7 Å². The number of methoxy groups -OCH3 is 1. The molecule has 32 heavy (non-hydrogen) atoms. The summed E-state index contributed by atoms with van der Waals surface area (Å²) in [6.07, 6.45) is 8.61. The minimum Gasteiger partial charge on any atom is -0.436 e. The summed E-state index contributed by atoms with van der Waals surface area (Å²) in [7, 11) is 1.74. The van der Waals surface area contributed by atoms with E-state index in [4.69, 9.17) is 23.7 Å². The van der Waals surface area contributed by atoms with Crippen molar-refractivity contribution >= 4 is 5.97 Å². The Balaban J connectivity index is 1.52. The van der Waals surface area contributed by atoms with Crippen LogP contribution in [0.15, 0.2) is 43.0 Å². The number of ether oxygens (including phenoxy) is 5. The first kappa shape index (κ1) is 24.9. The van der Waals surface area contributed by atoms with Crippen LogP contribution in [-0.2, 0) is 35.1 Å². The molecule has 0 aromatic heterocycles. The fraction of sp³-hybridized carbons (Fsp3) is 0.654. The maximum Gasteiger partial charge on any atom is 0.304 e. The van der Waals surface area contributed by atoms with Crippen molar-refractivity contribution in [1.82, 2.24) is 0 Å². The van der Waals surface area contributed by atoms with Crippen molar-refractivity contribution in [3.05, 3.63) is 48.6 Å². The minimum atomic E-state index is -0.442. The molecular weight excluding hydrogens is 408 g/mol. The first-order chi connectivity index (χ1) is 15.6. The summed E-state index contributed by atoms with van der Waals surface area (Å²) in [5, 5.41) is 0. The number of esters is 1. The van der Waals surface area contributed by atoms with Gasteiger partial charge in [-0.15, -0.1) is 6.58 Å². The van der Waals surface area contributed by atoms with Crippen molar-refractivity contribution in [3.8, 4) is 0 Å². The van der Waals surface area contributed by atoms with Gasteiger partial charge in [0.05, 0.1) is 37.1 Å². The molecule has 0 N–H and O–H groups in total. The number of carbonyl (C=O) groups excluding carboxylic acids is 1. The minimum absolute atomic E-state index is 0.0123. The molecule has 2 heterocycles. The lowest BCUT2D eigenvalue weighted by Crippen LogP contribution is -2.40. The SMILES string of the molecule is C=CC[C@@H]1CC(OCc2ccccc2)CC(C[C@@H](CC2CCCC(OC(C)=O)O2)OC)O1. The summed E-state index contributed by atoms with van der Waals surface area (Å²) in [5.41, 5.74) is 1.18. The van der Waals surface area contributed by atoms with E-state index in [0.29, 0.717) is 6.61 Å². The molecule has 0 spiro atoms. The van der Waals surface area contributed by atoms with Gasteiger partial charge in [-0.2, -0.15) is 0 Å². The fourth-order valence-corrected chi connectivity index (χ4v) is 4.66. The zero-order valence-corrected chi connectivity index (χ0v) is 19.4. The van der Waals surface area contributed by atoms with Crippen LogP contribution in [0.4, 0.5) is 0 Å². The molecule has 6 nitrogen and oxygen atoms in total. The lowest BCUT2D eigenvalue weighted by Gasteiger charge is -2.37. The van der Waals surface area contributed by atoms with Gasteiger partial charge in [-0.05, 0) is 37.7 Å². The monoisotopic (exact) mass is 446 g/mol. The molecule has 2 fully saturated rings. The van der Waals surface area contributed by atoms with Crippen molar-refractivity contribution in [1.29, 1.82) is 0 Å². The second-order valence-electron chi connectivity index (χ2n) is 8.85. The molecule has 4 unspecified atom stereocenters. The van der Waals surface area contributed by atoms with Gasteiger partial charge in [-0.1, -0.05) is 36.4 Å². The summed E-state index contributed by atoms with van der Waals surface area (Å²) < 4.78 is 29.7. The van der Waals surface area contributed by atoms with Crippen molar-refractivity contribution in [2.24, 2.45) is 0 Å². The third-order valence-corrected chi connectivity index (χ3v) is 6.19. The normalized spacial score (nSPS) is 29.2. The zero-order chi connectivity index (χ0) is 22.8. The van der Waals surface area contributed by atoms with Gasteiger partial charge in [-0.3, -0.25) is 4.79 Å². The number of carbonyl (C=O) groups is 1. The highest BCUT2D eigenvalue weighted by atomic mass is 16.7. The average Bonchev–Trinajstić information content (AvgIpc) is 2.78. The summed E-state index contributed by atoms with van der Waals surface area (Å²) >= 11 is 0. The lowest BCUT2D eigenvalue weighted by molar-refractivity contribution is -0.205. The highest BCUT2D eigenvalue weighted by Crippen LogP contribution is 2.30. The van der Waals surface area contributed by atoms with Crippen molar-refractivity contribution in [2.45, 2.75) is 102 Å². The molecule has 0 amide bonds. The molecule has 0 aliphatic carbocycles. The van der Waals surface area contributed by atoms with Gasteiger partial charge in [0.25, 0.3) is 0 Å². The van der Waals surface area contributed by atoms with E-state index >= 15 is 0 Å². The largest absolute Gasteiger partial charge is 0.436 e. The predicted octanol–water partition coefficient (Wildman–Crippen LogP) is 4.95. The molecule has 2 aliphatic heterocycles. The zero-order valence-electron chi connectivity index (χ0n) is 19.4. The molecule has 6 heteroatoms. The first-order valence-corrected chi connectivity index (χ1v) is 11.8. The Kier molecular flexibility index (Phi) is 10.2. The van der Waals surface area contributed by atoms with Gasteiger partial charge >= 0.3 is 5.97 Å². The van der Waals surface area contributed by atoms with E-state index in [2.05, 4.69) is 18.7 Å². The molecule has 0 bridgehead atoms. The van der Waals surface area contributed by atoms with Crippen LogP contribution >= 0.6 is 0 Å². The Labute approximate surface area is 192 Å². The van der Waals surface area contributed by atoms with Crippen LogP contribution in [-0.4, -0.2) is 49.9 Å². The fourth-order valence-electron chi connectivity index (χ4n) is 4.66. The van der Waals surface area contributed by atoms with Gasteiger partial charge in [0, 0.05) is 33.3 Å². The topological polar surface area (TPSA) is 63.2 Å². The van der Waals surface area contributed by atoms with E-state index in [1.807, 2.05) is 24.3 Å². The summed E-state index contributed by atoms with van der Waals surface area (Å²) in [6, 6.07) is 10.3. The van der Waals surface area contributed by atoms with Crippen LogP contribution in [0, 0.1) is 0 Å². The van der Waals surface area contributed by atoms with Gasteiger partial charge in [0.1, 0.15) is 0 Å². The van der Waals surface area contributed by atoms with Gasteiger partial charge in [0.2, 0.25) is 6.29 Å². The second-order valence-corrected chi connectivity index (χ2v) is 8.85. The Morgan fingerprint density at radius 1 is 1.12 bits per heavy atom. The highest BCUT2D eigenvalue weighted by molar-refractivity contribution is 5.66. The number of rotatable bonds is 11. The Bertz CT molecular complexity index is 693. The van der Waals surface area contributed by atoms with Gasteiger partial charge in [-0.25, -0.2) is 0 Å². The number of benzene rings is 1. The van der Waals surface area contributed by atoms with Crippen LogP contribution in [0.5, 0.6) is 0 Å². The highest BCUT2D eigenvalue weighted by Gasteiger charge is 2.33. The van der Waals surface area contributed by atoms with E-state index in [1.54, 1.807) is 7.11 Å². The summed E-state index contributed by atoms with van der Waals surface area (Å²) in [6.45, 7) is 5.91. The molecule has 1 aromatic rings. The third-order valence-electron chi connectivity index (χ3n) is 6.19. The number of hydrogen-bond acceptors (Lipinski definition) is 6. The van der Waals surface area contributed by atoms with Crippen molar-refractivity contribution in [3.63, 3.8) is 0 Å². The molecule has 0 saturated carbocycles. The van der Waals surface area contributed by atoms with Crippen LogP contribution < -0.4 is 0 Å². The quantitative estimate of drug-likeness (QED) is 0.354. The molecule has 6 atom stereocenters. The molecule has 2 aliphatic rings. The number of hydrogen-bond donors (Lipinski definition) is 0. The predicted molar refractivity (Wildman–Crippen MR) is 122 cm³/mol.